The summed E-state index contributed by atoms with van der Waals surface area (Å²) in [4.78, 5) is 17.2. The summed E-state index contributed by atoms with van der Waals surface area (Å²) in [6, 6.07) is 11.4. The molecule has 1 N–H and O–H groups in total. The number of methoxy groups -OCH3 is 1. The van der Waals surface area contributed by atoms with Crippen molar-refractivity contribution in [2.45, 2.75) is 19.1 Å². The number of furan rings is 1. The Bertz CT molecular complexity index is 807. The fraction of sp³-hybridized carbons (Fsp3) is 0.476. The highest BCUT2D eigenvalue weighted by Gasteiger charge is 2.32. The molecule has 0 saturated carbocycles. The number of benzene rings is 1. The van der Waals surface area contributed by atoms with Crippen LogP contribution < -0.4 is 14.8 Å². The molecule has 2 aliphatic heterocycles. The predicted molar refractivity (Wildman–Crippen MR) is 112 cm³/mol. The van der Waals surface area contributed by atoms with Crippen LogP contribution in [0.2, 0.25) is 0 Å². The molecule has 29 heavy (non-hydrogen) atoms. The van der Waals surface area contributed by atoms with E-state index in [1.165, 1.54) is 0 Å². The minimum Gasteiger partial charge on any atom is -0.493 e. The first-order valence-corrected chi connectivity index (χ1v) is 9.83. The lowest BCUT2D eigenvalue weighted by Gasteiger charge is -2.32. The Morgan fingerprint density at radius 3 is 2.66 bits per heavy atom. The Morgan fingerprint density at radius 2 is 1.90 bits per heavy atom. The van der Waals surface area contributed by atoms with E-state index in [0.717, 1.165) is 45.7 Å². The molecular formula is C21H28ClN3O4. The molecule has 158 valence electrons. The summed E-state index contributed by atoms with van der Waals surface area (Å²) in [5.41, 5.74) is 0. The molecule has 0 bridgehead atoms. The Kier molecular flexibility index (Phi) is 7.41. The molecule has 8 heteroatoms. The lowest BCUT2D eigenvalue weighted by molar-refractivity contribution is 0.0738. The second-order valence-electron chi connectivity index (χ2n) is 7.19. The van der Waals surface area contributed by atoms with Gasteiger partial charge in [0.15, 0.2) is 17.3 Å². The first-order chi connectivity index (χ1) is 13.7. The lowest BCUT2D eigenvalue weighted by Crippen LogP contribution is -2.49. The molecule has 2 fully saturated rings. The lowest BCUT2D eigenvalue weighted by atomic mass is 10.2. The molecule has 2 aliphatic rings. The highest BCUT2D eigenvalue weighted by Crippen LogP contribution is 2.27. The normalized spacial score (nSPS) is 19.6. The highest BCUT2D eigenvalue weighted by atomic mass is 35.5. The number of piperazine rings is 1. The number of halogens is 1. The van der Waals surface area contributed by atoms with Crippen molar-refractivity contribution in [3.63, 3.8) is 0 Å². The largest absolute Gasteiger partial charge is 0.493 e. The van der Waals surface area contributed by atoms with Gasteiger partial charge in [-0.1, -0.05) is 12.1 Å². The van der Waals surface area contributed by atoms with E-state index in [4.69, 9.17) is 13.9 Å². The highest BCUT2D eigenvalue weighted by molar-refractivity contribution is 5.91. The Balaban J connectivity index is 0.00000240. The van der Waals surface area contributed by atoms with Gasteiger partial charge in [0.1, 0.15) is 12.4 Å². The van der Waals surface area contributed by atoms with E-state index < -0.39 is 0 Å². The minimum atomic E-state index is -0.0406. The molecule has 0 aliphatic carbocycles. The SMILES string of the molecule is COc1ccccc1OCc1ccc(C(=O)N2CCC(N3CCNCC3)C2)o1.Cl. The van der Waals surface area contributed by atoms with E-state index >= 15 is 0 Å². The van der Waals surface area contributed by atoms with E-state index in [1.54, 1.807) is 19.2 Å². The summed E-state index contributed by atoms with van der Waals surface area (Å²) in [6.07, 6.45) is 1.02. The maximum atomic E-state index is 12.8. The van der Waals surface area contributed by atoms with Crippen LogP contribution in [0.15, 0.2) is 40.8 Å². The summed E-state index contributed by atoms with van der Waals surface area (Å²) in [7, 11) is 1.61. The van der Waals surface area contributed by atoms with Crippen molar-refractivity contribution in [2.75, 3.05) is 46.4 Å². The number of nitrogens with zero attached hydrogens (tertiary/aromatic N) is 2. The van der Waals surface area contributed by atoms with Gasteiger partial charge in [-0.3, -0.25) is 9.69 Å². The first kappa shape index (κ1) is 21.5. The van der Waals surface area contributed by atoms with Crippen LogP contribution in [0.4, 0.5) is 0 Å². The molecule has 1 amide bonds. The molecule has 1 atom stereocenters. The molecule has 4 rings (SSSR count). The number of amides is 1. The number of hydrogen-bond donors (Lipinski definition) is 1. The fourth-order valence-electron chi connectivity index (χ4n) is 3.88. The van der Waals surface area contributed by atoms with Crippen LogP contribution in [0.3, 0.4) is 0 Å². The molecule has 1 unspecified atom stereocenters. The van der Waals surface area contributed by atoms with Crippen molar-refractivity contribution >= 4 is 18.3 Å². The summed E-state index contributed by atoms with van der Waals surface area (Å²) in [5.74, 6) is 2.27. The Hall–Kier alpha value is -2.22. The standard InChI is InChI=1S/C21H27N3O4.ClH/c1-26-18-4-2-3-5-19(18)27-15-17-6-7-20(28-17)21(25)24-11-8-16(14-24)23-12-9-22-10-13-23;/h2-7,16,22H,8-15H2,1H3;1H. The minimum absolute atomic E-state index is 0. The van der Waals surface area contributed by atoms with Gasteiger partial charge in [0.25, 0.3) is 5.91 Å². The van der Waals surface area contributed by atoms with Crippen LogP contribution >= 0.6 is 12.4 Å². The average Bonchev–Trinajstić information content (AvgIpc) is 3.43. The molecule has 2 saturated heterocycles. The molecular weight excluding hydrogens is 394 g/mol. The van der Waals surface area contributed by atoms with E-state index in [9.17, 15) is 4.79 Å². The van der Waals surface area contributed by atoms with Gasteiger partial charge in [0.2, 0.25) is 0 Å². The third kappa shape index (κ3) is 5.04. The van der Waals surface area contributed by atoms with Crippen molar-refractivity contribution in [3.8, 4) is 11.5 Å². The Labute approximate surface area is 177 Å². The van der Waals surface area contributed by atoms with Crippen LogP contribution in [0.5, 0.6) is 11.5 Å². The molecule has 2 aromatic rings. The van der Waals surface area contributed by atoms with E-state index in [2.05, 4.69) is 10.2 Å². The number of carbonyl (C=O) groups is 1. The fourth-order valence-corrected chi connectivity index (χ4v) is 3.88. The number of nitrogens with one attached hydrogen (secondary N) is 1. The van der Waals surface area contributed by atoms with Crippen LogP contribution in [0.25, 0.3) is 0 Å². The van der Waals surface area contributed by atoms with Gasteiger partial charge in [-0.05, 0) is 30.7 Å². The van der Waals surface area contributed by atoms with Gasteiger partial charge in [0.05, 0.1) is 7.11 Å². The molecule has 1 aromatic carbocycles. The molecule has 3 heterocycles. The van der Waals surface area contributed by atoms with Gasteiger partial charge >= 0.3 is 0 Å². The van der Waals surface area contributed by atoms with Gasteiger partial charge in [-0.25, -0.2) is 0 Å². The molecule has 1 aromatic heterocycles. The van der Waals surface area contributed by atoms with E-state index in [0.29, 0.717) is 29.1 Å². The maximum Gasteiger partial charge on any atom is 0.289 e. The zero-order valence-corrected chi connectivity index (χ0v) is 17.5. The van der Waals surface area contributed by atoms with Crippen molar-refractivity contribution in [2.24, 2.45) is 0 Å². The summed E-state index contributed by atoms with van der Waals surface area (Å²) in [5, 5.41) is 3.37. The van der Waals surface area contributed by atoms with Crippen LogP contribution in [-0.2, 0) is 6.61 Å². The third-order valence-corrected chi connectivity index (χ3v) is 5.43. The van der Waals surface area contributed by atoms with Crippen molar-refractivity contribution in [1.82, 2.24) is 15.1 Å². The molecule has 7 nitrogen and oxygen atoms in total. The number of hydrogen-bond acceptors (Lipinski definition) is 6. The zero-order chi connectivity index (χ0) is 19.3. The number of ether oxygens (including phenoxy) is 2. The van der Waals surface area contributed by atoms with Crippen LogP contribution in [0, 0.1) is 0 Å². The number of carbonyl (C=O) groups excluding carboxylic acids is 1. The van der Waals surface area contributed by atoms with Gasteiger partial charge < -0.3 is 24.1 Å². The second-order valence-corrected chi connectivity index (χ2v) is 7.19. The van der Waals surface area contributed by atoms with Crippen LogP contribution in [0.1, 0.15) is 22.7 Å². The summed E-state index contributed by atoms with van der Waals surface area (Å²) in [6.45, 7) is 5.96. The summed E-state index contributed by atoms with van der Waals surface area (Å²) < 4.78 is 16.8. The van der Waals surface area contributed by atoms with Crippen molar-refractivity contribution in [1.29, 1.82) is 0 Å². The predicted octanol–water partition coefficient (Wildman–Crippen LogP) is 2.41. The first-order valence-electron chi connectivity index (χ1n) is 9.83. The van der Waals surface area contributed by atoms with E-state index in [1.807, 2.05) is 29.2 Å². The van der Waals surface area contributed by atoms with Crippen molar-refractivity contribution < 1.29 is 18.7 Å². The maximum absolute atomic E-state index is 12.8. The quantitative estimate of drug-likeness (QED) is 0.772. The van der Waals surface area contributed by atoms with E-state index in [-0.39, 0.29) is 24.9 Å². The number of rotatable bonds is 6. The topological polar surface area (TPSA) is 67.2 Å². The monoisotopic (exact) mass is 421 g/mol. The zero-order valence-electron chi connectivity index (χ0n) is 16.6. The van der Waals surface area contributed by atoms with Gasteiger partial charge in [-0.2, -0.15) is 0 Å². The summed E-state index contributed by atoms with van der Waals surface area (Å²) >= 11 is 0. The second kappa shape index (κ2) is 10.0. The van der Waals surface area contributed by atoms with Crippen LogP contribution in [-0.4, -0.2) is 68.1 Å². The smallest absolute Gasteiger partial charge is 0.289 e. The molecule has 0 spiro atoms. The Morgan fingerprint density at radius 1 is 1.14 bits per heavy atom. The van der Waals surface area contributed by atoms with Gasteiger partial charge in [0, 0.05) is 45.3 Å². The number of para-hydroxylation sites is 2. The van der Waals surface area contributed by atoms with Gasteiger partial charge in [-0.15, -0.1) is 12.4 Å². The average molecular weight is 422 g/mol. The van der Waals surface area contributed by atoms with Crippen molar-refractivity contribution in [3.05, 3.63) is 47.9 Å². The number of likely N-dealkylation sites (tertiary alicyclic amines) is 1. The third-order valence-electron chi connectivity index (χ3n) is 5.43. The molecule has 0 radical (unpaired) electrons.